The van der Waals surface area contributed by atoms with Gasteiger partial charge in [0.2, 0.25) is 0 Å². The van der Waals surface area contributed by atoms with Crippen LogP contribution < -0.4 is 0 Å². The van der Waals surface area contributed by atoms with Crippen molar-refractivity contribution in [1.82, 2.24) is 9.97 Å². The standard InChI is InChI=1S/C9H6BrClN2/c10-4-6-1-2-7-8(3-6)12-5-13-9(7)11/h1-3,5H,4H2. The average Bonchev–Trinajstić information content (AvgIpc) is 2.18. The van der Waals surface area contributed by atoms with E-state index in [9.17, 15) is 0 Å². The van der Waals surface area contributed by atoms with Crippen molar-refractivity contribution in [2.45, 2.75) is 5.33 Å². The molecule has 1 aromatic heterocycles. The molecule has 4 heteroatoms. The Morgan fingerprint density at radius 1 is 1.31 bits per heavy atom. The molecule has 0 radical (unpaired) electrons. The molecular formula is C9H6BrClN2. The average molecular weight is 258 g/mol. The zero-order chi connectivity index (χ0) is 9.26. The van der Waals surface area contributed by atoms with Crippen molar-refractivity contribution in [1.29, 1.82) is 0 Å². The topological polar surface area (TPSA) is 25.8 Å². The second kappa shape index (κ2) is 3.60. The van der Waals surface area contributed by atoms with Gasteiger partial charge in [-0.1, -0.05) is 33.6 Å². The number of alkyl halides is 1. The molecule has 13 heavy (non-hydrogen) atoms. The Hall–Kier alpha value is -0.670. The van der Waals surface area contributed by atoms with Crippen molar-refractivity contribution in [3.8, 4) is 0 Å². The minimum atomic E-state index is 0.506. The second-order valence-corrected chi connectivity index (χ2v) is 3.57. The van der Waals surface area contributed by atoms with Crippen LogP contribution in [0.3, 0.4) is 0 Å². The Balaban J connectivity index is 2.72. The van der Waals surface area contributed by atoms with Crippen LogP contribution in [0.5, 0.6) is 0 Å². The van der Waals surface area contributed by atoms with Gasteiger partial charge in [-0.15, -0.1) is 0 Å². The molecule has 0 fully saturated rings. The third kappa shape index (κ3) is 1.67. The molecule has 0 atom stereocenters. The largest absolute Gasteiger partial charge is 0.236 e. The minimum Gasteiger partial charge on any atom is -0.236 e. The summed E-state index contributed by atoms with van der Waals surface area (Å²) in [5.41, 5.74) is 2.07. The first-order valence-corrected chi connectivity index (χ1v) is 5.26. The van der Waals surface area contributed by atoms with E-state index in [1.54, 1.807) is 0 Å². The van der Waals surface area contributed by atoms with Crippen molar-refractivity contribution in [2.75, 3.05) is 0 Å². The Kier molecular flexibility index (Phi) is 2.47. The van der Waals surface area contributed by atoms with Crippen LogP contribution in [0.2, 0.25) is 5.15 Å². The molecule has 1 heterocycles. The number of hydrogen-bond acceptors (Lipinski definition) is 2. The van der Waals surface area contributed by atoms with E-state index >= 15 is 0 Å². The monoisotopic (exact) mass is 256 g/mol. The molecule has 0 N–H and O–H groups in total. The summed E-state index contributed by atoms with van der Waals surface area (Å²) in [4.78, 5) is 8.04. The Bertz CT molecular complexity index is 445. The maximum atomic E-state index is 5.89. The van der Waals surface area contributed by atoms with E-state index in [0.717, 1.165) is 16.2 Å². The fourth-order valence-electron chi connectivity index (χ4n) is 1.15. The quantitative estimate of drug-likeness (QED) is 0.579. The molecule has 0 saturated heterocycles. The van der Waals surface area contributed by atoms with E-state index in [0.29, 0.717) is 5.15 Å². The molecule has 0 bridgehead atoms. The van der Waals surface area contributed by atoms with E-state index in [-0.39, 0.29) is 0 Å². The molecule has 0 amide bonds. The van der Waals surface area contributed by atoms with Gasteiger partial charge in [0.15, 0.2) is 0 Å². The zero-order valence-corrected chi connectivity index (χ0v) is 9.01. The molecule has 2 nitrogen and oxygen atoms in total. The van der Waals surface area contributed by atoms with Crippen molar-refractivity contribution in [3.05, 3.63) is 35.2 Å². The highest BCUT2D eigenvalue weighted by Crippen LogP contribution is 2.20. The summed E-state index contributed by atoms with van der Waals surface area (Å²) in [6.07, 6.45) is 1.47. The van der Waals surface area contributed by atoms with E-state index < -0.39 is 0 Å². The van der Waals surface area contributed by atoms with Gasteiger partial charge < -0.3 is 0 Å². The summed E-state index contributed by atoms with van der Waals surface area (Å²) >= 11 is 9.28. The number of nitrogens with zero attached hydrogens (tertiary/aromatic N) is 2. The van der Waals surface area contributed by atoms with Gasteiger partial charge in [0, 0.05) is 10.7 Å². The van der Waals surface area contributed by atoms with Gasteiger partial charge in [-0.2, -0.15) is 0 Å². The van der Waals surface area contributed by atoms with Gasteiger partial charge in [-0.25, -0.2) is 9.97 Å². The van der Waals surface area contributed by atoms with E-state index in [4.69, 9.17) is 11.6 Å². The first kappa shape index (κ1) is 8.91. The predicted molar refractivity (Wildman–Crippen MR) is 57.2 cm³/mol. The van der Waals surface area contributed by atoms with Crippen LogP contribution in [0.4, 0.5) is 0 Å². The molecule has 66 valence electrons. The third-order valence-electron chi connectivity index (χ3n) is 1.81. The summed E-state index contributed by atoms with van der Waals surface area (Å²) in [6, 6.07) is 5.94. The lowest BCUT2D eigenvalue weighted by Crippen LogP contribution is -1.85. The van der Waals surface area contributed by atoms with Gasteiger partial charge in [-0.3, -0.25) is 0 Å². The highest BCUT2D eigenvalue weighted by Gasteiger charge is 2.00. The number of halogens is 2. The zero-order valence-electron chi connectivity index (χ0n) is 6.67. The molecule has 0 aliphatic heterocycles. The molecular weight excluding hydrogens is 251 g/mol. The lowest BCUT2D eigenvalue weighted by molar-refractivity contribution is 1.22. The lowest BCUT2D eigenvalue weighted by Gasteiger charge is -2.00. The predicted octanol–water partition coefficient (Wildman–Crippen LogP) is 3.18. The smallest absolute Gasteiger partial charge is 0.140 e. The van der Waals surface area contributed by atoms with Crippen molar-refractivity contribution < 1.29 is 0 Å². The first-order valence-electron chi connectivity index (χ1n) is 3.76. The molecule has 0 saturated carbocycles. The lowest BCUT2D eigenvalue weighted by atomic mass is 10.2. The van der Waals surface area contributed by atoms with E-state index in [1.807, 2.05) is 18.2 Å². The van der Waals surface area contributed by atoms with Crippen molar-refractivity contribution in [3.63, 3.8) is 0 Å². The Labute approximate surface area is 89.1 Å². The van der Waals surface area contributed by atoms with Crippen LogP contribution >= 0.6 is 27.5 Å². The van der Waals surface area contributed by atoms with Crippen LogP contribution in [-0.2, 0) is 5.33 Å². The molecule has 0 spiro atoms. The van der Waals surface area contributed by atoms with Crippen LogP contribution in [0.25, 0.3) is 10.9 Å². The molecule has 1 aromatic carbocycles. The highest BCUT2D eigenvalue weighted by atomic mass is 79.9. The number of rotatable bonds is 1. The molecule has 0 aliphatic carbocycles. The summed E-state index contributed by atoms with van der Waals surface area (Å²) < 4.78 is 0. The van der Waals surface area contributed by atoms with Crippen molar-refractivity contribution >= 4 is 38.4 Å². The van der Waals surface area contributed by atoms with Crippen LogP contribution in [-0.4, -0.2) is 9.97 Å². The second-order valence-electron chi connectivity index (χ2n) is 2.65. The summed E-state index contributed by atoms with van der Waals surface area (Å²) in [7, 11) is 0. The molecule has 0 aliphatic rings. The third-order valence-corrected chi connectivity index (χ3v) is 2.76. The maximum Gasteiger partial charge on any atom is 0.140 e. The number of hydrogen-bond donors (Lipinski definition) is 0. The SMILES string of the molecule is Clc1ncnc2cc(CBr)ccc12. The van der Waals surface area contributed by atoms with Gasteiger partial charge in [-0.05, 0) is 17.7 Å². The van der Waals surface area contributed by atoms with E-state index in [1.165, 1.54) is 11.9 Å². The summed E-state index contributed by atoms with van der Waals surface area (Å²) in [5.74, 6) is 0. The number of aromatic nitrogens is 2. The van der Waals surface area contributed by atoms with E-state index in [2.05, 4.69) is 25.9 Å². The Morgan fingerprint density at radius 2 is 2.15 bits per heavy atom. The molecule has 2 rings (SSSR count). The number of fused-ring (bicyclic) bond motifs is 1. The van der Waals surface area contributed by atoms with Crippen LogP contribution in [0.1, 0.15) is 5.56 Å². The van der Waals surface area contributed by atoms with Crippen LogP contribution in [0.15, 0.2) is 24.5 Å². The normalized spacial score (nSPS) is 10.6. The summed E-state index contributed by atoms with van der Waals surface area (Å²) in [6.45, 7) is 0. The maximum absolute atomic E-state index is 5.89. The molecule has 0 unspecified atom stereocenters. The fraction of sp³-hybridized carbons (Fsp3) is 0.111. The van der Waals surface area contributed by atoms with Gasteiger partial charge in [0.05, 0.1) is 5.52 Å². The summed E-state index contributed by atoms with van der Waals surface area (Å²) in [5, 5.41) is 2.23. The van der Waals surface area contributed by atoms with Gasteiger partial charge >= 0.3 is 0 Å². The highest BCUT2D eigenvalue weighted by molar-refractivity contribution is 9.08. The first-order chi connectivity index (χ1) is 6.31. The minimum absolute atomic E-state index is 0.506. The van der Waals surface area contributed by atoms with Gasteiger partial charge in [0.1, 0.15) is 11.5 Å². The Morgan fingerprint density at radius 3 is 2.92 bits per heavy atom. The van der Waals surface area contributed by atoms with Crippen molar-refractivity contribution in [2.24, 2.45) is 0 Å². The van der Waals surface area contributed by atoms with Crippen LogP contribution in [0, 0.1) is 0 Å². The molecule has 2 aromatic rings. The fourth-order valence-corrected chi connectivity index (χ4v) is 1.71. The number of benzene rings is 1. The van der Waals surface area contributed by atoms with Gasteiger partial charge in [0.25, 0.3) is 0 Å².